The highest BCUT2D eigenvalue weighted by Crippen LogP contribution is 2.32. The van der Waals surface area contributed by atoms with Crippen LogP contribution in [0.25, 0.3) is 11.1 Å². The molecule has 3 aromatic rings. The Morgan fingerprint density at radius 2 is 1.61 bits per heavy atom. The summed E-state index contributed by atoms with van der Waals surface area (Å²) in [5, 5.41) is 33.0. The zero-order chi connectivity index (χ0) is 24.1. The Balaban J connectivity index is 1.61. The Kier molecular flexibility index (Phi) is 7.74. The minimum Gasteiger partial charge on any atom is -0.508 e. The van der Waals surface area contributed by atoms with Crippen molar-refractivity contribution in [1.82, 2.24) is 5.32 Å². The van der Waals surface area contributed by atoms with E-state index in [1.165, 1.54) is 6.92 Å². The van der Waals surface area contributed by atoms with Gasteiger partial charge in [0, 0.05) is 12.6 Å². The number of phenols is 2. The summed E-state index contributed by atoms with van der Waals surface area (Å²) < 4.78 is 6.02. The van der Waals surface area contributed by atoms with Crippen LogP contribution in [0, 0.1) is 13.8 Å². The molecule has 0 spiro atoms. The smallest absolute Gasteiger partial charge is 0.163 e. The number of ketones is 1. The van der Waals surface area contributed by atoms with Gasteiger partial charge in [-0.25, -0.2) is 0 Å². The van der Waals surface area contributed by atoms with E-state index in [1.807, 2.05) is 32.9 Å². The maximum absolute atomic E-state index is 11.8. The molecule has 0 aliphatic rings. The van der Waals surface area contributed by atoms with Gasteiger partial charge in [-0.3, -0.25) is 4.79 Å². The van der Waals surface area contributed by atoms with Crippen LogP contribution in [-0.2, 0) is 0 Å². The highest BCUT2D eigenvalue weighted by Gasteiger charge is 2.16. The van der Waals surface area contributed by atoms with Gasteiger partial charge in [0.15, 0.2) is 5.78 Å². The number of hydrogen-bond donors (Lipinski definition) is 4. The van der Waals surface area contributed by atoms with Crippen LogP contribution < -0.4 is 10.1 Å². The summed E-state index contributed by atoms with van der Waals surface area (Å²) in [6, 6.07) is 15.4. The maximum atomic E-state index is 11.8. The van der Waals surface area contributed by atoms with Crippen LogP contribution >= 0.6 is 0 Å². The van der Waals surface area contributed by atoms with E-state index in [1.54, 1.807) is 42.5 Å². The van der Waals surface area contributed by atoms with Crippen LogP contribution in [0.1, 0.15) is 47.0 Å². The molecule has 0 radical (unpaired) electrons. The van der Waals surface area contributed by atoms with Gasteiger partial charge in [-0.15, -0.1) is 0 Å². The first kappa shape index (κ1) is 24.3. The van der Waals surface area contributed by atoms with Gasteiger partial charge >= 0.3 is 0 Å². The number of carbonyl (C=O) groups is 1. The minimum atomic E-state index is -0.696. The molecule has 33 heavy (non-hydrogen) atoms. The normalized spacial score (nSPS) is 12.9. The number of benzene rings is 3. The monoisotopic (exact) mass is 449 g/mol. The molecule has 0 saturated carbocycles. The lowest BCUT2D eigenvalue weighted by Crippen LogP contribution is -2.35. The van der Waals surface area contributed by atoms with E-state index >= 15 is 0 Å². The van der Waals surface area contributed by atoms with E-state index < -0.39 is 6.10 Å². The highest BCUT2D eigenvalue weighted by atomic mass is 16.5. The molecule has 0 aromatic heterocycles. The summed E-state index contributed by atoms with van der Waals surface area (Å²) in [5.74, 6) is 0.774. The lowest BCUT2D eigenvalue weighted by atomic mass is 9.97. The van der Waals surface area contributed by atoms with E-state index in [-0.39, 0.29) is 23.3 Å². The first-order valence-corrected chi connectivity index (χ1v) is 11.0. The number of aryl methyl sites for hydroxylation is 2. The number of carbonyl (C=O) groups excluding carboxylic acids is 1. The summed E-state index contributed by atoms with van der Waals surface area (Å²) in [6.45, 7) is 8.27. The van der Waals surface area contributed by atoms with Gasteiger partial charge < -0.3 is 25.4 Å². The Labute approximate surface area is 194 Å². The van der Waals surface area contributed by atoms with Crippen molar-refractivity contribution in [2.75, 3.05) is 13.2 Å². The van der Waals surface area contributed by atoms with Crippen LogP contribution in [0.3, 0.4) is 0 Å². The molecule has 174 valence electrons. The van der Waals surface area contributed by atoms with Gasteiger partial charge in [0.05, 0.1) is 11.7 Å². The fourth-order valence-electron chi connectivity index (χ4n) is 3.85. The third kappa shape index (κ3) is 5.92. The summed E-state index contributed by atoms with van der Waals surface area (Å²) in [7, 11) is 0. The van der Waals surface area contributed by atoms with E-state index in [2.05, 4.69) is 5.32 Å². The van der Waals surface area contributed by atoms with Crippen LogP contribution in [0.5, 0.6) is 17.2 Å². The highest BCUT2D eigenvalue weighted by molar-refractivity contribution is 5.98. The van der Waals surface area contributed by atoms with Crippen molar-refractivity contribution in [2.45, 2.75) is 39.8 Å². The molecule has 6 nitrogen and oxygen atoms in total. The van der Waals surface area contributed by atoms with Crippen LogP contribution in [-0.4, -0.2) is 40.3 Å². The van der Waals surface area contributed by atoms with Crippen molar-refractivity contribution in [3.8, 4) is 28.4 Å². The second-order valence-corrected chi connectivity index (χ2v) is 8.35. The summed E-state index contributed by atoms with van der Waals surface area (Å²) in [5.41, 5.74) is 4.79. The zero-order valence-corrected chi connectivity index (χ0v) is 19.4. The lowest BCUT2D eigenvalue weighted by Gasteiger charge is -2.21. The van der Waals surface area contributed by atoms with Crippen LogP contribution in [0.2, 0.25) is 0 Å². The molecule has 0 fully saturated rings. The van der Waals surface area contributed by atoms with Gasteiger partial charge in [0.1, 0.15) is 23.9 Å². The SMILES string of the molecule is CC(=O)c1cc(-c2cc(C)c(OCCN[C@@H](C)[C@@H](O)c3ccc(O)cc3)c(C)c2)ccc1O. The minimum absolute atomic E-state index is 0.0168. The number of aliphatic hydroxyl groups is 1. The van der Waals surface area contributed by atoms with Gasteiger partial charge in [-0.1, -0.05) is 18.2 Å². The number of aromatic hydroxyl groups is 2. The average Bonchev–Trinajstić information content (AvgIpc) is 2.78. The summed E-state index contributed by atoms with van der Waals surface area (Å²) in [4.78, 5) is 11.8. The van der Waals surface area contributed by atoms with Crippen molar-refractivity contribution >= 4 is 5.78 Å². The number of ether oxygens (including phenoxy) is 1. The number of phenolic OH excluding ortho intramolecular Hbond substituents is 2. The topological polar surface area (TPSA) is 99.0 Å². The molecule has 0 heterocycles. The van der Waals surface area contributed by atoms with Gasteiger partial charge in [-0.05, 0) is 91.9 Å². The number of nitrogens with one attached hydrogen (secondary N) is 1. The second-order valence-electron chi connectivity index (χ2n) is 8.35. The third-order valence-electron chi connectivity index (χ3n) is 5.69. The van der Waals surface area contributed by atoms with Crippen molar-refractivity contribution in [2.24, 2.45) is 0 Å². The number of rotatable bonds is 9. The van der Waals surface area contributed by atoms with E-state index in [9.17, 15) is 20.1 Å². The van der Waals surface area contributed by atoms with Crippen LogP contribution in [0.15, 0.2) is 54.6 Å². The lowest BCUT2D eigenvalue weighted by molar-refractivity contribution is 0.101. The second kappa shape index (κ2) is 10.5. The molecule has 0 unspecified atom stereocenters. The molecule has 0 aliphatic carbocycles. The number of aliphatic hydroxyl groups excluding tert-OH is 1. The first-order chi connectivity index (χ1) is 15.7. The Morgan fingerprint density at radius 1 is 0.970 bits per heavy atom. The molecule has 6 heteroatoms. The number of hydrogen-bond acceptors (Lipinski definition) is 6. The maximum Gasteiger partial charge on any atom is 0.163 e. The standard InChI is InChI=1S/C27H31NO5/c1-16-13-22(21-7-10-25(31)24(15-21)19(4)29)14-17(2)27(16)33-12-11-28-18(3)26(32)20-5-8-23(30)9-6-20/h5-10,13-15,18,26,28,30-32H,11-12H2,1-4H3/t18-,26+/m0/s1. The quantitative estimate of drug-likeness (QED) is 0.280. The summed E-state index contributed by atoms with van der Waals surface area (Å²) in [6.07, 6.45) is -0.696. The third-order valence-corrected chi connectivity index (χ3v) is 5.69. The average molecular weight is 450 g/mol. The predicted octanol–water partition coefficient (Wildman–Crippen LogP) is 4.67. The molecular weight excluding hydrogens is 418 g/mol. The Morgan fingerprint density at radius 3 is 2.21 bits per heavy atom. The molecule has 0 saturated heterocycles. The first-order valence-electron chi connectivity index (χ1n) is 11.0. The summed E-state index contributed by atoms with van der Waals surface area (Å²) >= 11 is 0. The van der Waals surface area contributed by atoms with E-state index in [0.717, 1.165) is 33.6 Å². The fraction of sp³-hybridized carbons (Fsp3) is 0.296. The predicted molar refractivity (Wildman–Crippen MR) is 129 cm³/mol. The Bertz CT molecular complexity index is 1100. The van der Waals surface area contributed by atoms with Crippen molar-refractivity contribution in [3.05, 3.63) is 76.9 Å². The molecule has 0 bridgehead atoms. The van der Waals surface area contributed by atoms with E-state index in [0.29, 0.717) is 18.7 Å². The van der Waals surface area contributed by atoms with E-state index in [4.69, 9.17) is 4.74 Å². The molecule has 3 rings (SSSR count). The fourth-order valence-corrected chi connectivity index (χ4v) is 3.85. The molecule has 3 aromatic carbocycles. The number of Topliss-reactive ketones (excluding diaryl/α,β-unsaturated/α-hetero) is 1. The van der Waals surface area contributed by atoms with Crippen molar-refractivity contribution in [1.29, 1.82) is 0 Å². The van der Waals surface area contributed by atoms with Gasteiger partial charge in [-0.2, -0.15) is 0 Å². The van der Waals surface area contributed by atoms with Crippen LogP contribution in [0.4, 0.5) is 0 Å². The molecular formula is C27H31NO5. The van der Waals surface area contributed by atoms with Crippen molar-refractivity contribution in [3.63, 3.8) is 0 Å². The zero-order valence-electron chi connectivity index (χ0n) is 19.4. The van der Waals surface area contributed by atoms with Gasteiger partial charge in [0.25, 0.3) is 0 Å². The molecule has 0 amide bonds. The Hall–Kier alpha value is -3.35. The molecule has 4 N–H and O–H groups in total. The largest absolute Gasteiger partial charge is 0.508 e. The molecule has 0 aliphatic heterocycles. The van der Waals surface area contributed by atoms with Crippen molar-refractivity contribution < 1.29 is 24.9 Å². The van der Waals surface area contributed by atoms with Gasteiger partial charge in [0.2, 0.25) is 0 Å². The molecule has 2 atom stereocenters.